The van der Waals surface area contributed by atoms with Gasteiger partial charge >= 0.3 is 0 Å². The van der Waals surface area contributed by atoms with Crippen LogP contribution in [0.5, 0.6) is 0 Å². The molecule has 4 aromatic heterocycles. The number of imidazole rings is 1. The average molecular weight is 374 g/mol. The molecule has 2 unspecified atom stereocenters. The number of anilines is 1. The second kappa shape index (κ2) is 6.62. The third-order valence-electron chi connectivity index (χ3n) is 6.45. The Morgan fingerprint density at radius 2 is 2.04 bits per heavy atom. The fourth-order valence-corrected chi connectivity index (χ4v) is 4.70. The van der Waals surface area contributed by atoms with Crippen molar-refractivity contribution >= 4 is 22.5 Å². The molecule has 1 aliphatic carbocycles. The van der Waals surface area contributed by atoms with Gasteiger partial charge in [-0.2, -0.15) is 0 Å². The van der Waals surface area contributed by atoms with Crippen LogP contribution in [-0.4, -0.2) is 23.9 Å². The molecule has 0 aliphatic heterocycles. The molecule has 2 atom stereocenters. The van der Waals surface area contributed by atoms with Crippen LogP contribution in [0.3, 0.4) is 0 Å². The number of aryl methyl sites for hydroxylation is 3. The first-order valence-corrected chi connectivity index (χ1v) is 10.1. The van der Waals surface area contributed by atoms with Crippen molar-refractivity contribution < 1.29 is 0 Å². The lowest BCUT2D eigenvalue weighted by Crippen LogP contribution is -2.06. The van der Waals surface area contributed by atoms with E-state index < -0.39 is 0 Å². The molecule has 1 saturated carbocycles. The Kier molecular flexibility index (Phi) is 4.07. The minimum absolute atomic E-state index is 0.511. The molecule has 4 aromatic rings. The normalized spacial score (nSPS) is 19.8. The van der Waals surface area contributed by atoms with Gasteiger partial charge in [-0.25, -0.2) is 15.0 Å². The maximum atomic E-state index is 5.99. The Bertz CT molecular complexity index is 1150. The molecule has 1 fully saturated rings. The van der Waals surface area contributed by atoms with Gasteiger partial charge in [0.1, 0.15) is 23.4 Å². The van der Waals surface area contributed by atoms with Crippen molar-refractivity contribution in [2.45, 2.75) is 52.0 Å². The van der Waals surface area contributed by atoms with Gasteiger partial charge in [-0.15, -0.1) is 0 Å². The van der Waals surface area contributed by atoms with Gasteiger partial charge in [-0.3, -0.25) is 0 Å². The van der Waals surface area contributed by atoms with E-state index in [9.17, 15) is 0 Å². The zero-order valence-electron chi connectivity index (χ0n) is 16.5. The first-order chi connectivity index (χ1) is 13.6. The molecule has 5 rings (SSSR count). The number of rotatable bonds is 4. The lowest BCUT2D eigenvalue weighted by atomic mass is 9.98. The van der Waals surface area contributed by atoms with Gasteiger partial charge in [0.05, 0.1) is 11.1 Å². The largest absolute Gasteiger partial charge is 0.383 e. The Hall–Kier alpha value is -2.89. The van der Waals surface area contributed by atoms with E-state index in [1.165, 1.54) is 36.9 Å². The van der Waals surface area contributed by atoms with Crippen LogP contribution in [0.4, 0.5) is 5.82 Å². The molecular weight excluding hydrogens is 348 g/mol. The van der Waals surface area contributed by atoms with Crippen LogP contribution < -0.4 is 5.73 Å². The Morgan fingerprint density at radius 1 is 1.14 bits per heavy atom. The van der Waals surface area contributed by atoms with E-state index in [0.717, 1.165) is 34.7 Å². The molecule has 0 aromatic carbocycles. The Morgan fingerprint density at radius 3 is 2.93 bits per heavy atom. The van der Waals surface area contributed by atoms with E-state index in [1.807, 2.05) is 6.07 Å². The number of aromatic nitrogens is 5. The second-order valence-electron chi connectivity index (χ2n) is 8.14. The van der Waals surface area contributed by atoms with Gasteiger partial charge in [0, 0.05) is 24.1 Å². The number of hydrogen-bond donors (Lipinski definition) is 1. The lowest BCUT2D eigenvalue weighted by molar-refractivity contribution is 0.461. The summed E-state index contributed by atoms with van der Waals surface area (Å²) in [4.78, 5) is 13.2. The van der Waals surface area contributed by atoms with Gasteiger partial charge in [0.2, 0.25) is 0 Å². The van der Waals surface area contributed by atoms with Crippen molar-refractivity contribution in [1.29, 1.82) is 0 Å². The molecule has 4 heterocycles. The van der Waals surface area contributed by atoms with Crippen LogP contribution in [-0.2, 0) is 6.42 Å². The van der Waals surface area contributed by atoms with Crippen molar-refractivity contribution in [3.05, 3.63) is 53.9 Å². The predicted octanol–water partition coefficient (Wildman–Crippen LogP) is 4.25. The molecular formula is C22H26N6. The maximum absolute atomic E-state index is 5.99. The number of hydrogen-bond acceptors (Lipinski definition) is 4. The van der Waals surface area contributed by atoms with Gasteiger partial charge in [0.15, 0.2) is 0 Å². The quantitative estimate of drug-likeness (QED) is 0.579. The van der Waals surface area contributed by atoms with Crippen molar-refractivity contribution in [3.63, 3.8) is 0 Å². The zero-order valence-corrected chi connectivity index (χ0v) is 16.5. The van der Waals surface area contributed by atoms with Gasteiger partial charge in [0.25, 0.3) is 0 Å². The summed E-state index contributed by atoms with van der Waals surface area (Å²) in [5, 5.41) is 0.963. The number of nitrogens with zero attached hydrogens (tertiary/aromatic N) is 5. The first-order valence-electron chi connectivity index (χ1n) is 10.1. The molecule has 0 saturated heterocycles. The van der Waals surface area contributed by atoms with E-state index in [-0.39, 0.29) is 0 Å². The smallest absolute Gasteiger partial charge is 0.145 e. The van der Waals surface area contributed by atoms with Crippen molar-refractivity contribution in [2.24, 2.45) is 5.92 Å². The molecule has 28 heavy (non-hydrogen) atoms. The third-order valence-corrected chi connectivity index (χ3v) is 6.45. The van der Waals surface area contributed by atoms with Gasteiger partial charge in [-0.1, -0.05) is 0 Å². The van der Waals surface area contributed by atoms with E-state index >= 15 is 0 Å². The maximum Gasteiger partial charge on any atom is 0.145 e. The lowest BCUT2D eigenvalue weighted by Gasteiger charge is -2.14. The van der Waals surface area contributed by atoms with Crippen molar-refractivity contribution in [3.8, 4) is 0 Å². The summed E-state index contributed by atoms with van der Waals surface area (Å²) in [5.74, 6) is 1.32. The highest BCUT2D eigenvalue weighted by molar-refractivity contribution is 5.86. The third kappa shape index (κ3) is 2.84. The molecule has 0 amide bonds. The van der Waals surface area contributed by atoms with Crippen LogP contribution in [0.25, 0.3) is 16.7 Å². The highest BCUT2D eigenvalue weighted by Gasteiger charge is 2.27. The number of pyridine rings is 1. The van der Waals surface area contributed by atoms with Gasteiger partial charge in [-0.05, 0) is 75.6 Å². The Balaban J connectivity index is 1.27. The molecule has 0 radical (unpaired) electrons. The van der Waals surface area contributed by atoms with Crippen LogP contribution >= 0.6 is 0 Å². The standard InChI is InChI=1S/C22H26N6/c1-14-15(2)27-9-7-17(12-20(27)26-14)4-3-16-5-6-18(11-16)28-10-8-19-21(23)24-13-25-22(19)28/h7-10,12-13,16,18H,3-6,11H2,1-2H3,(H2,23,24,25). The molecule has 2 N–H and O–H groups in total. The van der Waals surface area contributed by atoms with Crippen molar-refractivity contribution in [1.82, 2.24) is 23.9 Å². The molecule has 0 bridgehead atoms. The second-order valence-corrected chi connectivity index (χ2v) is 8.14. The fourth-order valence-electron chi connectivity index (χ4n) is 4.70. The summed E-state index contributed by atoms with van der Waals surface area (Å²) in [6, 6.07) is 7.04. The molecule has 6 heteroatoms. The van der Waals surface area contributed by atoms with Crippen LogP contribution in [0.1, 0.15) is 48.7 Å². The minimum Gasteiger partial charge on any atom is -0.383 e. The average Bonchev–Trinajstić information content (AvgIpc) is 3.39. The Labute approximate surface area is 164 Å². The van der Waals surface area contributed by atoms with Crippen LogP contribution in [0, 0.1) is 19.8 Å². The number of fused-ring (bicyclic) bond motifs is 2. The summed E-state index contributed by atoms with van der Waals surface area (Å²) in [6.45, 7) is 4.20. The molecule has 1 aliphatic rings. The summed E-state index contributed by atoms with van der Waals surface area (Å²) in [7, 11) is 0. The first kappa shape index (κ1) is 17.2. The van der Waals surface area contributed by atoms with E-state index in [2.05, 4.69) is 62.3 Å². The number of nitrogens with two attached hydrogens (primary N) is 1. The van der Waals surface area contributed by atoms with E-state index in [0.29, 0.717) is 11.9 Å². The van der Waals surface area contributed by atoms with Gasteiger partial charge < -0.3 is 14.7 Å². The summed E-state index contributed by atoms with van der Waals surface area (Å²) < 4.78 is 4.48. The topological polar surface area (TPSA) is 74.0 Å². The summed E-state index contributed by atoms with van der Waals surface area (Å²) >= 11 is 0. The monoisotopic (exact) mass is 374 g/mol. The van der Waals surface area contributed by atoms with Crippen molar-refractivity contribution in [2.75, 3.05) is 5.73 Å². The summed E-state index contributed by atoms with van der Waals surface area (Å²) in [6.07, 6.45) is 11.9. The predicted molar refractivity (Wildman–Crippen MR) is 111 cm³/mol. The zero-order chi connectivity index (χ0) is 19.3. The molecule has 144 valence electrons. The van der Waals surface area contributed by atoms with Crippen LogP contribution in [0.2, 0.25) is 0 Å². The van der Waals surface area contributed by atoms with E-state index in [4.69, 9.17) is 5.73 Å². The van der Waals surface area contributed by atoms with E-state index in [1.54, 1.807) is 6.33 Å². The molecule has 6 nitrogen and oxygen atoms in total. The SMILES string of the molecule is Cc1nc2cc(CCC3CCC(n4ccc5c(N)ncnc54)C3)ccn2c1C. The minimum atomic E-state index is 0.511. The molecule has 0 spiro atoms. The highest BCUT2D eigenvalue weighted by atomic mass is 15.1. The highest BCUT2D eigenvalue weighted by Crippen LogP contribution is 2.39. The number of nitrogen functional groups attached to an aromatic ring is 1. The van der Waals surface area contributed by atoms with Crippen LogP contribution in [0.15, 0.2) is 36.9 Å². The summed E-state index contributed by atoms with van der Waals surface area (Å²) in [5.41, 5.74) is 11.7. The fraction of sp³-hybridized carbons (Fsp3) is 0.409.